The highest BCUT2D eigenvalue weighted by molar-refractivity contribution is 5.86. The number of hydrogen-bond acceptors (Lipinski definition) is 7. The zero-order valence-corrected chi connectivity index (χ0v) is 18.0. The number of benzene rings is 2. The fourth-order valence-electron chi connectivity index (χ4n) is 3.51. The third kappa shape index (κ3) is 4.28. The van der Waals surface area contributed by atoms with Gasteiger partial charge >= 0.3 is 5.97 Å². The number of ether oxygens (including phenoxy) is 2. The Kier molecular flexibility index (Phi) is 6.09. The van der Waals surface area contributed by atoms with Crippen molar-refractivity contribution >= 4 is 16.9 Å². The third-order valence-electron chi connectivity index (χ3n) is 5.06. The van der Waals surface area contributed by atoms with Gasteiger partial charge in [-0.1, -0.05) is 37.3 Å². The van der Waals surface area contributed by atoms with Crippen molar-refractivity contribution in [2.75, 3.05) is 13.9 Å². The average molecular weight is 433 g/mol. The first kappa shape index (κ1) is 21.4. The fraction of sp³-hybridized carbons (Fsp3) is 0.261. The summed E-state index contributed by atoms with van der Waals surface area (Å²) in [6.45, 7) is 3.81. The van der Waals surface area contributed by atoms with Crippen molar-refractivity contribution < 1.29 is 19.4 Å². The van der Waals surface area contributed by atoms with E-state index in [2.05, 4.69) is 20.5 Å². The van der Waals surface area contributed by atoms with Gasteiger partial charge in [0, 0.05) is 23.6 Å². The van der Waals surface area contributed by atoms with E-state index in [-0.39, 0.29) is 12.7 Å². The summed E-state index contributed by atoms with van der Waals surface area (Å²) in [5, 5.41) is 27.3. The second-order valence-corrected chi connectivity index (χ2v) is 7.66. The molecule has 32 heavy (non-hydrogen) atoms. The number of fused-ring (bicyclic) bond motifs is 1. The molecule has 9 nitrogen and oxygen atoms in total. The van der Waals surface area contributed by atoms with Gasteiger partial charge in [-0.25, -0.2) is 9.48 Å². The summed E-state index contributed by atoms with van der Waals surface area (Å²) in [5.74, 6) is -0.420. The highest BCUT2D eigenvalue weighted by Gasteiger charge is 2.25. The molecule has 0 aliphatic rings. The van der Waals surface area contributed by atoms with Gasteiger partial charge in [-0.15, -0.1) is 15.3 Å². The summed E-state index contributed by atoms with van der Waals surface area (Å²) in [7, 11) is 1.57. The predicted octanol–water partition coefficient (Wildman–Crippen LogP) is 3.82. The Morgan fingerprint density at radius 1 is 1.06 bits per heavy atom. The molecule has 0 bridgehead atoms. The minimum Gasteiger partial charge on any atom is -0.480 e. The second-order valence-electron chi connectivity index (χ2n) is 7.66. The van der Waals surface area contributed by atoms with E-state index in [4.69, 9.17) is 9.47 Å². The Hall–Kier alpha value is -3.85. The Balaban J connectivity index is 1.71. The molecule has 1 atom stereocenters. The predicted molar refractivity (Wildman–Crippen MR) is 118 cm³/mol. The van der Waals surface area contributed by atoms with Gasteiger partial charge in [-0.2, -0.15) is 0 Å². The van der Waals surface area contributed by atoms with E-state index in [1.807, 2.05) is 62.4 Å². The fourth-order valence-corrected chi connectivity index (χ4v) is 3.51. The summed E-state index contributed by atoms with van der Waals surface area (Å²) >= 11 is 0. The number of aromatic nitrogens is 5. The first-order valence-corrected chi connectivity index (χ1v) is 10.1. The molecule has 4 rings (SSSR count). The number of carboxylic acids is 1. The lowest BCUT2D eigenvalue weighted by Crippen LogP contribution is -2.24. The third-order valence-corrected chi connectivity index (χ3v) is 5.06. The van der Waals surface area contributed by atoms with E-state index < -0.39 is 12.0 Å². The van der Waals surface area contributed by atoms with Crippen LogP contribution in [0.4, 0.5) is 0 Å². The van der Waals surface area contributed by atoms with Crippen LogP contribution in [0.5, 0.6) is 5.75 Å². The maximum atomic E-state index is 11.6. The minimum absolute atomic E-state index is 0.128. The number of aliphatic carboxylic acids is 1. The van der Waals surface area contributed by atoms with Crippen LogP contribution in [0.15, 0.2) is 54.7 Å². The topological polar surface area (TPSA) is 112 Å². The monoisotopic (exact) mass is 433 g/mol. The van der Waals surface area contributed by atoms with Crippen molar-refractivity contribution in [1.82, 2.24) is 25.2 Å². The van der Waals surface area contributed by atoms with Crippen molar-refractivity contribution in [3.05, 3.63) is 54.7 Å². The van der Waals surface area contributed by atoms with Gasteiger partial charge in [0.15, 0.2) is 12.8 Å². The van der Waals surface area contributed by atoms with E-state index in [9.17, 15) is 9.90 Å². The SMILES string of the molecule is COCOc1ccccc1-c1cc2cc(-c3cn([C@H](C(=O)O)C(C)C)nn3)ccc2nn1. The summed E-state index contributed by atoms with van der Waals surface area (Å²) in [6.07, 6.45) is 1.66. The molecule has 0 fully saturated rings. The molecule has 0 unspecified atom stereocenters. The van der Waals surface area contributed by atoms with Gasteiger partial charge in [-0.3, -0.25) is 0 Å². The molecule has 2 aromatic carbocycles. The molecule has 0 amide bonds. The molecule has 0 aliphatic heterocycles. The molecular formula is C23H23N5O4. The number of hydrogen-bond donors (Lipinski definition) is 1. The van der Waals surface area contributed by atoms with Gasteiger partial charge in [0.2, 0.25) is 0 Å². The quantitative estimate of drug-likeness (QED) is 0.417. The maximum absolute atomic E-state index is 11.6. The number of methoxy groups -OCH3 is 1. The number of carboxylic acid groups (broad SMARTS) is 1. The van der Waals surface area contributed by atoms with Gasteiger partial charge < -0.3 is 14.6 Å². The Morgan fingerprint density at radius 3 is 2.62 bits per heavy atom. The van der Waals surface area contributed by atoms with Crippen LogP contribution in [-0.4, -0.2) is 50.2 Å². The van der Waals surface area contributed by atoms with Gasteiger partial charge in [0.1, 0.15) is 11.4 Å². The molecule has 0 radical (unpaired) electrons. The Morgan fingerprint density at radius 2 is 1.88 bits per heavy atom. The lowest BCUT2D eigenvalue weighted by Gasteiger charge is -2.15. The van der Waals surface area contributed by atoms with Crippen molar-refractivity contribution in [1.29, 1.82) is 0 Å². The van der Waals surface area contributed by atoms with Crippen LogP contribution < -0.4 is 4.74 Å². The number of carbonyl (C=O) groups is 1. The number of nitrogens with zero attached hydrogens (tertiary/aromatic N) is 5. The summed E-state index contributed by atoms with van der Waals surface area (Å²) in [5.41, 5.74) is 3.58. The normalized spacial score (nSPS) is 12.2. The molecule has 0 aliphatic carbocycles. The number of rotatable bonds is 8. The summed E-state index contributed by atoms with van der Waals surface area (Å²) in [4.78, 5) is 11.6. The van der Waals surface area contributed by atoms with Crippen molar-refractivity contribution in [3.8, 4) is 28.3 Å². The van der Waals surface area contributed by atoms with Crippen LogP contribution in [0.1, 0.15) is 19.9 Å². The van der Waals surface area contributed by atoms with Crippen molar-refractivity contribution in [3.63, 3.8) is 0 Å². The highest BCUT2D eigenvalue weighted by Crippen LogP contribution is 2.31. The van der Waals surface area contributed by atoms with E-state index >= 15 is 0 Å². The average Bonchev–Trinajstić information content (AvgIpc) is 3.26. The lowest BCUT2D eigenvalue weighted by atomic mass is 10.0. The van der Waals surface area contributed by atoms with E-state index in [0.717, 1.165) is 22.0 Å². The largest absolute Gasteiger partial charge is 0.480 e. The van der Waals surface area contributed by atoms with Crippen molar-refractivity contribution in [2.24, 2.45) is 5.92 Å². The summed E-state index contributed by atoms with van der Waals surface area (Å²) < 4.78 is 12.1. The second kappa shape index (κ2) is 9.11. The van der Waals surface area contributed by atoms with Crippen LogP contribution in [0, 0.1) is 5.92 Å². The zero-order valence-electron chi connectivity index (χ0n) is 18.0. The van der Waals surface area contributed by atoms with Crippen LogP contribution >= 0.6 is 0 Å². The van der Waals surface area contributed by atoms with Crippen LogP contribution in [0.3, 0.4) is 0 Å². The smallest absolute Gasteiger partial charge is 0.328 e. The molecule has 4 aromatic rings. The zero-order chi connectivity index (χ0) is 22.7. The van der Waals surface area contributed by atoms with Gasteiger partial charge in [-0.05, 0) is 36.2 Å². The molecule has 0 saturated heterocycles. The molecule has 1 N–H and O–H groups in total. The highest BCUT2D eigenvalue weighted by atomic mass is 16.7. The van der Waals surface area contributed by atoms with Crippen LogP contribution in [0.2, 0.25) is 0 Å². The molecule has 2 aromatic heterocycles. The lowest BCUT2D eigenvalue weighted by molar-refractivity contribution is -0.142. The van der Waals surface area contributed by atoms with E-state index in [0.29, 0.717) is 17.1 Å². The molecule has 164 valence electrons. The van der Waals surface area contributed by atoms with Crippen LogP contribution in [0.25, 0.3) is 33.4 Å². The molecular weight excluding hydrogens is 410 g/mol. The van der Waals surface area contributed by atoms with Gasteiger partial charge in [0.05, 0.1) is 17.4 Å². The van der Waals surface area contributed by atoms with Crippen LogP contribution in [-0.2, 0) is 9.53 Å². The first-order valence-electron chi connectivity index (χ1n) is 10.1. The molecule has 0 saturated carbocycles. The standard InChI is InChI=1S/C23H23N5O4/c1-14(2)22(23(29)30)28-12-20(26-27-28)15-8-9-18-16(10-15)11-19(25-24-18)17-6-4-5-7-21(17)32-13-31-3/h4-12,14,22H,13H2,1-3H3,(H,29,30)/t22-/m0/s1. The van der Waals surface area contributed by atoms with E-state index in [1.54, 1.807) is 13.3 Å². The molecule has 9 heteroatoms. The minimum atomic E-state index is -0.941. The van der Waals surface area contributed by atoms with E-state index in [1.165, 1.54) is 4.68 Å². The Labute approximate surface area is 184 Å². The molecule has 0 spiro atoms. The summed E-state index contributed by atoms with van der Waals surface area (Å²) in [6, 6.07) is 14.4. The first-order chi connectivity index (χ1) is 15.5. The van der Waals surface area contributed by atoms with Gasteiger partial charge in [0.25, 0.3) is 0 Å². The van der Waals surface area contributed by atoms with Crippen molar-refractivity contribution in [2.45, 2.75) is 19.9 Å². The Bertz CT molecular complexity index is 1250. The maximum Gasteiger partial charge on any atom is 0.328 e. The molecule has 2 heterocycles. The number of para-hydroxylation sites is 1.